The average Bonchev–Trinajstić information content (AvgIpc) is 2.85. The van der Waals surface area contributed by atoms with Crippen molar-refractivity contribution in [2.45, 2.75) is 25.8 Å². The van der Waals surface area contributed by atoms with Gasteiger partial charge in [0.2, 0.25) is 0 Å². The number of nitrogens with two attached hydrogens (primary N) is 1. The Morgan fingerprint density at radius 3 is 2.67 bits per heavy atom. The van der Waals surface area contributed by atoms with Gasteiger partial charge in [0.05, 0.1) is 16.8 Å². The maximum absolute atomic E-state index is 5.83. The summed E-state index contributed by atoms with van der Waals surface area (Å²) in [6.45, 7) is 2.16. The summed E-state index contributed by atoms with van der Waals surface area (Å²) < 4.78 is 0. The summed E-state index contributed by atoms with van der Waals surface area (Å²) in [5.41, 5.74) is 3.73. The molecule has 18 heavy (non-hydrogen) atoms. The predicted octanol–water partition coefficient (Wildman–Crippen LogP) is 3.11. The first-order valence-electron chi connectivity index (χ1n) is 5.88. The van der Waals surface area contributed by atoms with Gasteiger partial charge in [-0.25, -0.2) is 0 Å². The first-order valence-corrected chi connectivity index (χ1v) is 7.07. The van der Waals surface area contributed by atoms with E-state index in [4.69, 9.17) is 17.4 Å². The predicted molar refractivity (Wildman–Crippen MR) is 76.7 cm³/mol. The third-order valence-electron chi connectivity index (χ3n) is 2.78. The molecule has 0 aromatic carbocycles. The Morgan fingerprint density at radius 2 is 2.11 bits per heavy atom. The van der Waals surface area contributed by atoms with E-state index in [-0.39, 0.29) is 6.04 Å². The van der Waals surface area contributed by atoms with Crippen LogP contribution in [-0.4, -0.2) is 4.98 Å². The SMILES string of the molecule is CCc1ccc(CC(NN)c2ccc(Cl)cn2)s1. The fourth-order valence-electron chi connectivity index (χ4n) is 1.77. The van der Waals surface area contributed by atoms with Gasteiger partial charge in [0, 0.05) is 22.4 Å². The van der Waals surface area contributed by atoms with Crippen LogP contribution in [0.2, 0.25) is 5.02 Å². The molecule has 0 saturated heterocycles. The van der Waals surface area contributed by atoms with Gasteiger partial charge in [-0.05, 0) is 30.7 Å². The molecule has 2 aromatic rings. The smallest absolute Gasteiger partial charge is 0.0680 e. The van der Waals surface area contributed by atoms with Crippen molar-refractivity contribution in [2.24, 2.45) is 5.84 Å². The van der Waals surface area contributed by atoms with E-state index in [1.54, 1.807) is 6.20 Å². The molecule has 0 aliphatic heterocycles. The summed E-state index contributed by atoms with van der Waals surface area (Å²) in [5, 5.41) is 0.638. The Morgan fingerprint density at radius 1 is 1.33 bits per heavy atom. The number of aromatic nitrogens is 1. The third kappa shape index (κ3) is 3.29. The maximum Gasteiger partial charge on any atom is 0.0680 e. The number of rotatable bonds is 5. The molecular formula is C13H16ClN3S. The zero-order valence-corrected chi connectivity index (χ0v) is 11.8. The van der Waals surface area contributed by atoms with E-state index in [1.165, 1.54) is 9.75 Å². The van der Waals surface area contributed by atoms with Gasteiger partial charge in [0.25, 0.3) is 0 Å². The van der Waals surface area contributed by atoms with Gasteiger partial charge in [0.15, 0.2) is 0 Å². The van der Waals surface area contributed by atoms with Gasteiger partial charge in [-0.15, -0.1) is 11.3 Å². The second kappa shape index (κ2) is 6.29. The van der Waals surface area contributed by atoms with Crippen molar-refractivity contribution in [3.05, 3.63) is 50.9 Å². The van der Waals surface area contributed by atoms with Crippen LogP contribution in [0.25, 0.3) is 0 Å². The first kappa shape index (κ1) is 13.5. The molecule has 0 bridgehead atoms. The van der Waals surface area contributed by atoms with Crippen molar-refractivity contribution in [3.8, 4) is 0 Å². The lowest BCUT2D eigenvalue weighted by Crippen LogP contribution is -2.30. The standard InChI is InChI=1S/C13H16ClN3S/c1-2-10-4-5-11(18-10)7-13(17-15)12-6-3-9(14)8-16-12/h3-6,8,13,17H,2,7,15H2,1H3. The molecule has 2 aromatic heterocycles. The van der Waals surface area contributed by atoms with E-state index in [0.717, 1.165) is 18.5 Å². The van der Waals surface area contributed by atoms with E-state index in [9.17, 15) is 0 Å². The van der Waals surface area contributed by atoms with E-state index < -0.39 is 0 Å². The van der Waals surface area contributed by atoms with Gasteiger partial charge in [-0.1, -0.05) is 18.5 Å². The number of hydrogen-bond acceptors (Lipinski definition) is 4. The molecule has 1 atom stereocenters. The molecule has 3 nitrogen and oxygen atoms in total. The van der Waals surface area contributed by atoms with Crippen LogP contribution in [0, 0.1) is 0 Å². The second-order valence-electron chi connectivity index (χ2n) is 4.05. The minimum absolute atomic E-state index is 0.0191. The molecule has 0 spiro atoms. The number of aryl methyl sites for hydroxylation is 1. The van der Waals surface area contributed by atoms with Gasteiger partial charge < -0.3 is 0 Å². The molecule has 0 amide bonds. The first-order chi connectivity index (χ1) is 8.72. The number of pyridine rings is 1. The lowest BCUT2D eigenvalue weighted by atomic mass is 10.1. The number of halogens is 1. The second-order valence-corrected chi connectivity index (χ2v) is 5.74. The Kier molecular flexibility index (Phi) is 4.72. The van der Waals surface area contributed by atoms with Gasteiger partial charge in [-0.3, -0.25) is 16.3 Å². The number of nitrogens with one attached hydrogen (secondary N) is 1. The van der Waals surface area contributed by atoms with Gasteiger partial charge in [-0.2, -0.15) is 0 Å². The average molecular weight is 282 g/mol. The fourth-order valence-corrected chi connectivity index (χ4v) is 2.88. The van der Waals surface area contributed by atoms with Crippen molar-refractivity contribution < 1.29 is 0 Å². The summed E-state index contributed by atoms with van der Waals surface area (Å²) in [7, 11) is 0. The molecule has 0 aliphatic carbocycles. The molecule has 5 heteroatoms. The maximum atomic E-state index is 5.83. The van der Waals surface area contributed by atoms with Crippen LogP contribution in [-0.2, 0) is 12.8 Å². The summed E-state index contributed by atoms with van der Waals surface area (Å²) in [4.78, 5) is 7.01. The van der Waals surface area contributed by atoms with Crippen LogP contribution >= 0.6 is 22.9 Å². The zero-order valence-electron chi connectivity index (χ0n) is 10.2. The highest BCUT2D eigenvalue weighted by molar-refractivity contribution is 7.11. The molecule has 0 radical (unpaired) electrons. The van der Waals surface area contributed by atoms with Gasteiger partial charge in [0.1, 0.15) is 0 Å². The third-order valence-corrected chi connectivity index (χ3v) is 4.26. The minimum atomic E-state index is 0.0191. The highest BCUT2D eigenvalue weighted by Gasteiger charge is 2.13. The van der Waals surface area contributed by atoms with Crippen LogP contribution < -0.4 is 11.3 Å². The molecule has 1 unspecified atom stereocenters. The Labute approximate surface area is 116 Å². The number of nitrogens with zero attached hydrogens (tertiary/aromatic N) is 1. The van der Waals surface area contributed by atoms with Crippen LogP contribution in [0.15, 0.2) is 30.5 Å². The lowest BCUT2D eigenvalue weighted by molar-refractivity contribution is 0.542. The Bertz CT molecular complexity index is 495. The number of thiophene rings is 1. The minimum Gasteiger partial charge on any atom is -0.271 e. The van der Waals surface area contributed by atoms with Crippen LogP contribution in [0.5, 0.6) is 0 Å². The quantitative estimate of drug-likeness (QED) is 0.654. The molecule has 0 fully saturated rings. The van der Waals surface area contributed by atoms with Crippen LogP contribution in [0.1, 0.15) is 28.4 Å². The monoisotopic (exact) mass is 281 g/mol. The van der Waals surface area contributed by atoms with Crippen molar-refractivity contribution in [1.82, 2.24) is 10.4 Å². The van der Waals surface area contributed by atoms with Crippen LogP contribution in [0.4, 0.5) is 0 Å². The van der Waals surface area contributed by atoms with E-state index >= 15 is 0 Å². The summed E-state index contributed by atoms with van der Waals surface area (Å²) in [5.74, 6) is 5.61. The molecule has 2 heterocycles. The topological polar surface area (TPSA) is 50.9 Å². The largest absolute Gasteiger partial charge is 0.271 e. The van der Waals surface area contributed by atoms with Crippen molar-refractivity contribution in [3.63, 3.8) is 0 Å². The van der Waals surface area contributed by atoms with Crippen LogP contribution in [0.3, 0.4) is 0 Å². The summed E-state index contributed by atoms with van der Waals surface area (Å²) in [6, 6.07) is 8.08. The molecular weight excluding hydrogens is 266 g/mol. The van der Waals surface area contributed by atoms with Crippen molar-refractivity contribution in [1.29, 1.82) is 0 Å². The number of hydrogen-bond donors (Lipinski definition) is 2. The highest BCUT2D eigenvalue weighted by atomic mass is 35.5. The number of hydrazine groups is 1. The molecule has 2 rings (SSSR count). The van der Waals surface area contributed by atoms with Gasteiger partial charge >= 0.3 is 0 Å². The molecule has 96 valence electrons. The summed E-state index contributed by atoms with van der Waals surface area (Å²) in [6.07, 6.45) is 3.56. The zero-order chi connectivity index (χ0) is 13.0. The molecule has 3 N–H and O–H groups in total. The van der Waals surface area contributed by atoms with E-state index in [1.807, 2.05) is 23.5 Å². The Balaban J connectivity index is 2.11. The summed E-state index contributed by atoms with van der Waals surface area (Å²) >= 11 is 7.65. The van der Waals surface area contributed by atoms with Crippen molar-refractivity contribution >= 4 is 22.9 Å². The van der Waals surface area contributed by atoms with E-state index in [0.29, 0.717) is 5.02 Å². The molecule has 0 aliphatic rings. The van der Waals surface area contributed by atoms with E-state index in [2.05, 4.69) is 29.5 Å². The van der Waals surface area contributed by atoms with Crippen molar-refractivity contribution in [2.75, 3.05) is 0 Å². The highest BCUT2D eigenvalue weighted by Crippen LogP contribution is 2.23. The lowest BCUT2D eigenvalue weighted by Gasteiger charge is -2.14. The Hall–Kier alpha value is -0.940. The normalized spacial score (nSPS) is 12.6. The fraction of sp³-hybridized carbons (Fsp3) is 0.308. The molecule has 0 saturated carbocycles.